The van der Waals surface area contributed by atoms with Gasteiger partial charge in [-0.25, -0.2) is 22.5 Å². The number of halogens is 1. The van der Waals surface area contributed by atoms with Crippen molar-refractivity contribution in [1.82, 2.24) is 24.5 Å². The predicted molar refractivity (Wildman–Crippen MR) is 298 cm³/mol. The van der Waals surface area contributed by atoms with E-state index in [9.17, 15) is 32.8 Å². The van der Waals surface area contributed by atoms with Crippen molar-refractivity contribution in [1.29, 1.82) is 0 Å². The number of H-pyrrole nitrogens is 1. The molecule has 6 aromatic rings. The minimum absolute atomic E-state index is 0.0169. The van der Waals surface area contributed by atoms with Crippen molar-refractivity contribution in [2.45, 2.75) is 132 Å². The number of anilines is 2. The van der Waals surface area contributed by atoms with Gasteiger partial charge in [-0.05, 0) is 142 Å². The SMILES string of the molecule is CC(C)c1ccccc1[C@@H]1CN(Cc2ccc(OC3CC3)c(OC3CC3)c2)CCN1C1CC2(C1)CN(c1ccc(C(=O)NS(=O)(=O)c3ccc(NC[C@H]4CC[C@](C)(O)CC4)c([N+](=O)[O-])c3)c(Oc3cnc4[nH]cc(F)c4c3)c1)C2. The Bertz CT molecular complexity index is 3390. The maximum absolute atomic E-state index is 14.8. The van der Waals surface area contributed by atoms with Crippen molar-refractivity contribution in [2.24, 2.45) is 11.3 Å². The average Bonchev–Trinajstić information content (AvgIpc) is 4.53. The number of fused-ring (bicyclic) bond motifs is 1. The number of nitro benzene ring substituents is 1. The number of aliphatic hydroxyl groups is 1. The predicted octanol–water partition coefficient (Wildman–Crippen LogP) is 10.6. The van der Waals surface area contributed by atoms with Crippen LogP contribution >= 0.6 is 0 Å². The molecule has 0 unspecified atom stereocenters. The van der Waals surface area contributed by atoms with Gasteiger partial charge < -0.3 is 34.5 Å². The third kappa shape index (κ3) is 11.5. The van der Waals surface area contributed by atoms with Gasteiger partial charge in [0.1, 0.15) is 28.7 Å². The van der Waals surface area contributed by atoms with E-state index in [-0.39, 0.29) is 51.6 Å². The number of aromatic nitrogens is 2. The second-order valence-electron chi connectivity index (χ2n) is 23.8. The van der Waals surface area contributed by atoms with Gasteiger partial charge in [-0.3, -0.25) is 24.7 Å². The summed E-state index contributed by atoms with van der Waals surface area (Å²) in [5.74, 6) is 0.842. The molecule has 4 heterocycles. The van der Waals surface area contributed by atoms with Crippen LogP contribution in [0.3, 0.4) is 0 Å². The molecule has 2 aromatic heterocycles. The Kier molecular flexibility index (Phi) is 14.1. The summed E-state index contributed by atoms with van der Waals surface area (Å²) < 4.78 is 63.6. The summed E-state index contributed by atoms with van der Waals surface area (Å²) in [6.45, 7) is 11.9. The summed E-state index contributed by atoms with van der Waals surface area (Å²) >= 11 is 0. The number of amides is 1. The van der Waals surface area contributed by atoms with Gasteiger partial charge in [0.05, 0.1) is 44.8 Å². The normalized spacial score (nSPS) is 22.6. The van der Waals surface area contributed by atoms with Crippen LogP contribution in [0.5, 0.6) is 23.0 Å². The number of piperazine rings is 1. The molecule has 4 aliphatic carbocycles. The molecule has 0 bridgehead atoms. The molecule has 1 spiro atoms. The van der Waals surface area contributed by atoms with Gasteiger partial charge in [0, 0.05) is 87.3 Å². The first kappa shape index (κ1) is 52.9. The fraction of sp³-hybridized carbons (Fsp3) is 0.467. The third-order valence-corrected chi connectivity index (χ3v) is 18.4. The second kappa shape index (κ2) is 21.0. The number of pyridine rings is 1. The van der Waals surface area contributed by atoms with E-state index in [1.165, 1.54) is 53.3 Å². The van der Waals surface area contributed by atoms with Gasteiger partial charge >= 0.3 is 0 Å². The lowest BCUT2D eigenvalue weighted by Crippen LogP contribution is -2.68. The van der Waals surface area contributed by atoms with Gasteiger partial charge in [-0.2, -0.15) is 0 Å². The Labute approximate surface area is 460 Å². The van der Waals surface area contributed by atoms with E-state index >= 15 is 0 Å². The maximum Gasteiger partial charge on any atom is 0.293 e. The molecule has 6 fully saturated rings. The molecule has 4 saturated carbocycles. The van der Waals surface area contributed by atoms with Crippen LogP contribution in [0, 0.1) is 27.3 Å². The smallest absolute Gasteiger partial charge is 0.293 e. The number of nitrogens with zero attached hydrogens (tertiary/aromatic N) is 5. The number of rotatable bonds is 19. The Morgan fingerprint density at radius 2 is 1.67 bits per heavy atom. The van der Waals surface area contributed by atoms with Gasteiger partial charge in [0.15, 0.2) is 11.5 Å². The Balaban J connectivity index is 0.742. The van der Waals surface area contributed by atoms with E-state index in [2.05, 4.69) is 91.0 Å². The highest BCUT2D eigenvalue weighted by molar-refractivity contribution is 7.90. The lowest BCUT2D eigenvalue weighted by Gasteiger charge is -2.63. The number of sulfonamides is 1. The molecule has 2 aliphatic heterocycles. The van der Waals surface area contributed by atoms with Crippen molar-refractivity contribution < 1.29 is 41.8 Å². The van der Waals surface area contributed by atoms with Crippen molar-refractivity contribution >= 4 is 44.0 Å². The maximum atomic E-state index is 14.8. The molecule has 4 aromatic carbocycles. The van der Waals surface area contributed by atoms with Gasteiger partial charge in [0.2, 0.25) is 0 Å². The second-order valence-corrected chi connectivity index (χ2v) is 25.5. The summed E-state index contributed by atoms with van der Waals surface area (Å²) in [4.78, 5) is 39.9. The largest absolute Gasteiger partial charge is 0.487 e. The van der Waals surface area contributed by atoms with E-state index in [4.69, 9.17) is 14.2 Å². The van der Waals surface area contributed by atoms with Gasteiger partial charge in [-0.1, -0.05) is 44.2 Å². The molecule has 4 N–H and O–H groups in total. The van der Waals surface area contributed by atoms with Crippen LogP contribution in [0.1, 0.15) is 124 Å². The first-order chi connectivity index (χ1) is 37.9. The number of hydrogen-bond acceptors (Lipinski definition) is 14. The highest BCUT2D eigenvalue weighted by atomic mass is 32.2. The molecule has 19 heteroatoms. The number of benzene rings is 4. The van der Waals surface area contributed by atoms with E-state index in [1.54, 1.807) is 19.1 Å². The molecule has 17 nitrogen and oxygen atoms in total. The zero-order valence-electron chi connectivity index (χ0n) is 45.0. The summed E-state index contributed by atoms with van der Waals surface area (Å²) in [6.07, 6.45) is 12.3. The highest BCUT2D eigenvalue weighted by Crippen LogP contribution is 2.54. The number of ether oxygens (including phenoxy) is 3. The number of aromatic amines is 1. The standard InChI is InChI=1S/C60H69FN8O9S/c1-37(2)46-6-4-5-7-47(46)53-34-66(33-39-8-17-54(76-42-10-11-42)56(24-39)77-43-12-13-43)22-23-68(53)41-28-60(29-41)35-67(36-60)40-9-15-48(55(25-40)78-44-26-49-50(61)32-64-57(49)63-31-44)58(70)65-79(74,75)45-14-16-51(52(27-45)69(72)73)62-30-38-18-20-59(3,71)21-19-38/h4-9,14-17,24-27,31-32,37-38,41-43,53,62,71H,10-13,18-23,28-30,33-36H2,1-3H3,(H,63,64)(H,65,70)/t38-,53-,59-/m0/s1. The fourth-order valence-corrected chi connectivity index (χ4v) is 13.3. The van der Waals surface area contributed by atoms with Gasteiger partial charge in [0.25, 0.3) is 21.6 Å². The Hall–Kier alpha value is -6.80. The van der Waals surface area contributed by atoms with Crippen LogP contribution in [-0.2, 0) is 16.6 Å². The van der Waals surface area contributed by atoms with Crippen molar-refractivity contribution in [3.05, 3.63) is 136 Å². The molecule has 2 saturated heterocycles. The zero-order valence-corrected chi connectivity index (χ0v) is 45.8. The topological polar surface area (TPSA) is 205 Å². The molecule has 1 amide bonds. The summed E-state index contributed by atoms with van der Waals surface area (Å²) in [5, 5.41) is 25.9. The third-order valence-electron chi connectivity index (χ3n) is 17.1. The quantitative estimate of drug-likeness (QED) is 0.0440. The van der Waals surface area contributed by atoms with Crippen LogP contribution in [0.15, 0.2) is 102 Å². The van der Waals surface area contributed by atoms with E-state index in [1.807, 2.05) is 0 Å². The van der Waals surface area contributed by atoms with E-state index < -0.39 is 42.9 Å². The number of nitrogens with one attached hydrogen (secondary N) is 3. The summed E-state index contributed by atoms with van der Waals surface area (Å²) in [7, 11) is -4.65. The molecule has 0 radical (unpaired) electrons. The van der Waals surface area contributed by atoms with Crippen molar-refractivity contribution in [3.63, 3.8) is 0 Å². The van der Waals surface area contributed by atoms with Crippen LogP contribution < -0.4 is 29.1 Å². The average molecular weight is 1100 g/mol. The first-order valence-corrected chi connectivity index (χ1v) is 29.5. The highest BCUT2D eigenvalue weighted by Gasteiger charge is 2.55. The van der Waals surface area contributed by atoms with Crippen LogP contribution in [0.25, 0.3) is 11.0 Å². The molecule has 12 rings (SSSR count). The summed E-state index contributed by atoms with van der Waals surface area (Å²) in [5.41, 5.74) is 3.96. The number of carbonyl (C=O) groups is 1. The molecule has 1 atom stereocenters. The first-order valence-electron chi connectivity index (χ1n) is 28.0. The van der Waals surface area contributed by atoms with Crippen molar-refractivity contribution in [3.8, 4) is 23.0 Å². The van der Waals surface area contributed by atoms with E-state index in [0.717, 1.165) is 114 Å². The van der Waals surface area contributed by atoms with Gasteiger partial charge in [-0.15, -0.1) is 0 Å². The lowest BCUT2D eigenvalue weighted by molar-refractivity contribution is -0.384. The van der Waals surface area contributed by atoms with Crippen LogP contribution in [-0.4, -0.2) is 107 Å². The molecular weight excluding hydrogens is 1030 g/mol. The van der Waals surface area contributed by atoms with E-state index in [0.29, 0.717) is 43.1 Å². The minimum atomic E-state index is -4.65. The monoisotopic (exact) mass is 1100 g/mol. The molecule has 416 valence electrons. The number of hydrogen-bond donors (Lipinski definition) is 4. The Morgan fingerprint density at radius 1 is 0.924 bits per heavy atom. The zero-order chi connectivity index (χ0) is 54.8. The molecular formula is C60H69FN8O9S. The molecule has 79 heavy (non-hydrogen) atoms. The number of nitro groups is 1. The van der Waals surface area contributed by atoms with Crippen LogP contribution in [0.4, 0.5) is 21.5 Å². The lowest BCUT2D eigenvalue weighted by atomic mass is 9.59. The Morgan fingerprint density at radius 3 is 2.41 bits per heavy atom. The minimum Gasteiger partial charge on any atom is -0.487 e. The van der Waals surface area contributed by atoms with Crippen LogP contribution in [0.2, 0.25) is 0 Å². The number of carbonyl (C=O) groups excluding carboxylic acids is 1. The molecule has 6 aliphatic rings. The van der Waals surface area contributed by atoms with Crippen molar-refractivity contribution in [2.75, 3.05) is 49.5 Å². The fourth-order valence-electron chi connectivity index (χ4n) is 12.3. The summed E-state index contributed by atoms with van der Waals surface area (Å²) in [6, 6.07) is 25.9.